The maximum atomic E-state index is 5.60. The van der Waals surface area contributed by atoms with Crippen LogP contribution in [0, 0.1) is 0 Å². The van der Waals surface area contributed by atoms with Gasteiger partial charge in [0.1, 0.15) is 11.7 Å². The zero-order valence-electron chi connectivity index (χ0n) is 10.0. The molecule has 1 aromatic carbocycles. The van der Waals surface area contributed by atoms with Crippen molar-refractivity contribution in [1.82, 2.24) is 15.2 Å². The van der Waals surface area contributed by atoms with Crippen molar-refractivity contribution in [2.24, 2.45) is 10.7 Å². The van der Waals surface area contributed by atoms with E-state index in [1.54, 1.807) is 0 Å². The number of aromatic nitrogens is 3. The number of nitrogens with two attached hydrogens (primary N) is 1. The average molecular weight is 264 g/mol. The second kappa shape index (κ2) is 5.64. The van der Waals surface area contributed by atoms with E-state index < -0.39 is 0 Å². The van der Waals surface area contributed by atoms with Gasteiger partial charge in [-0.05, 0) is 12.1 Å². The van der Waals surface area contributed by atoms with E-state index in [0.717, 1.165) is 23.5 Å². The van der Waals surface area contributed by atoms with Crippen LogP contribution in [0.1, 0.15) is 12.7 Å². The zero-order valence-corrected chi connectivity index (χ0v) is 10.8. The zero-order chi connectivity index (χ0) is 13.0. The number of nitrogens with zero attached hydrogens (tertiary/aromatic N) is 3. The van der Waals surface area contributed by atoms with Crippen LogP contribution in [0.5, 0.6) is 0 Å². The minimum absolute atomic E-state index is 0.213. The highest BCUT2D eigenvalue weighted by Crippen LogP contribution is 2.21. The molecule has 0 aliphatic heterocycles. The van der Waals surface area contributed by atoms with Gasteiger partial charge in [0.25, 0.3) is 0 Å². The molecule has 5 nitrogen and oxygen atoms in total. The fourth-order valence-electron chi connectivity index (χ4n) is 1.49. The maximum absolute atomic E-state index is 5.60. The van der Waals surface area contributed by atoms with Gasteiger partial charge in [-0.2, -0.15) is 5.10 Å². The van der Waals surface area contributed by atoms with Crippen molar-refractivity contribution in [3.8, 4) is 11.4 Å². The van der Waals surface area contributed by atoms with Crippen LogP contribution in [-0.2, 0) is 6.42 Å². The van der Waals surface area contributed by atoms with Crippen molar-refractivity contribution in [2.75, 3.05) is 5.88 Å². The Morgan fingerprint density at radius 3 is 3.00 bits per heavy atom. The van der Waals surface area contributed by atoms with Gasteiger partial charge in [0.15, 0.2) is 5.82 Å². The van der Waals surface area contributed by atoms with Crippen LogP contribution in [0.2, 0.25) is 0 Å². The molecule has 1 heterocycles. The van der Waals surface area contributed by atoms with E-state index in [4.69, 9.17) is 17.3 Å². The molecule has 0 aliphatic rings. The molecule has 0 bridgehead atoms. The molecule has 0 saturated carbocycles. The highest BCUT2D eigenvalue weighted by atomic mass is 35.5. The standard InChI is InChI=1S/C12H14ClN5/c1-2-11-16-12(18-17-11)8-4-3-5-9(6-8)15-10(14)7-13/h3-6H,2,7H2,1H3,(H2,14,15)(H,16,17,18). The second-order valence-corrected chi connectivity index (χ2v) is 4.01. The minimum atomic E-state index is 0.213. The Morgan fingerprint density at radius 1 is 1.50 bits per heavy atom. The van der Waals surface area contributed by atoms with Crippen molar-refractivity contribution in [3.63, 3.8) is 0 Å². The Labute approximate surface area is 110 Å². The summed E-state index contributed by atoms with van der Waals surface area (Å²) in [5, 5.41) is 7.04. The van der Waals surface area contributed by atoms with Gasteiger partial charge in [-0.25, -0.2) is 9.98 Å². The van der Waals surface area contributed by atoms with E-state index in [2.05, 4.69) is 20.2 Å². The number of nitrogens with one attached hydrogen (secondary N) is 1. The van der Waals surface area contributed by atoms with Gasteiger partial charge in [-0.3, -0.25) is 5.10 Å². The molecule has 6 heteroatoms. The molecule has 18 heavy (non-hydrogen) atoms. The summed E-state index contributed by atoms with van der Waals surface area (Å²) in [4.78, 5) is 8.55. The Balaban J connectivity index is 2.32. The summed E-state index contributed by atoms with van der Waals surface area (Å²) in [5.74, 6) is 2.12. The molecule has 0 radical (unpaired) electrons. The van der Waals surface area contributed by atoms with Crippen LogP contribution in [0.15, 0.2) is 29.3 Å². The SMILES string of the molecule is CCc1nc(-c2cccc(N=C(N)CCl)c2)n[nH]1. The number of halogens is 1. The summed E-state index contributed by atoms with van der Waals surface area (Å²) >= 11 is 5.60. The van der Waals surface area contributed by atoms with E-state index in [0.29, 0.717) is 11.7 Å². The van der Waals surface area contributed by atoms with Gasteiger partial charge in [0.05, 0.1) is 11.6 Å². The molecule has 94 valence electrons. The Hall–Kier alpha value is -1.88. The molecule has 3 N–H and O–H groups in total. The van der Waals surface area contributed by atoms with E-state index in [1.165, 1.54) is 0 Å². The smallest absolute Gasteiger partial charge is 0.181 e. The first-order chi connectivity index (χ1) is 8.72. The third-order valence-electron chi connectivity index (χ3n) is 2.38. The largest absolute Gasteiger partial charge is 0.386 e. The fourth-order valence-corrected chi connectivity index (χ4v) is 1.55. The lowest BCUT2D eigenvalue weighted by molar-refractivity contribution is 0.946. The predicted octanol–water partition coefficient (Wildman–Crippen LogP) is 2.26. The van der Waals surface area contributed by atoms with Crippen LogP contribution in [0.4, 0.5) is 5.69 Å². The third-order valence-corrected chi connectivity index (χ3v) is 2.65. The molecule has 0 fully saturated rings. The number of alkyl halides is 1. The predicted molar refractivity (Wildman–Crippen MR) is 73.2 cm³/mol. The number of hydrogen-bond acceptors (Lipinski definition) is 3. The van der Waals surface area contributed by atoms with E-state index >= 15 is 0 Å². The van der Waals surface area contributed by atoms with Gasteiger partial charge in [0, 0.05) is 12.0 Å². The molecule has 2 aromatic rings. The number of rotatable bonds is 4. The van der Waals surface area contributed by atoms with Crippen LogP contribution < -0.4 is 5.73 Å². The molecule has 0 atom stereocenters. The van der Waals surface area contributed by atoms with Crippen molar-refractivity contribution in [3.05, 3.63) is 30.1 Å². The first-order valence-corrected chi connectivity index (χ1v) is 6.17. The van der Waals surface area contributed by atoms with Crippen LogP contribution in [0.3, 0.4) is 0 Å². The molecule has 0 unspecified atom stereocenters. The molecule has 0 amide bonds. The number of aryl methyl sites for hydroxylation is 1. The van der Waals surface area contributed by atoms with Gasteiger partial charge in [0.2, 0.25) is 0 Å². The molecule has 1 aromatic heterocycles. The highest BCUT2D eigenvalue weighted by molar-refractivity contribution is 6.28. The van der Waals surface area contributed by atoms with Gasteiger partial charge in [-0.15, -0.1) is 11.6 Å². The van der Waals surface area contributed by atoms with Crippen molar-refractivity contribution in [1.29, 1.82) is 0 Å². The summed E-state index contributed by atoms with van der Waals surface area (Å²) < 4.78 is 0. The van der Waals surface area contributed by atoms with Gasteiger partial charge >= 0.3 is 0 Å². The third kappa shape index (κ3) is 2.87. The summed E-state index contributed by atoms with van der Waals surface area (Å²) in [6.07, 6.45) is 0.823. The summed E-state index contributed by atoms with van der Waals surface area (Å²) in [7, 11) is 0. The lowest BCUT2D eigenvalue weighted by Gasteiger charge is -1.99. The highest BCUT2D eigenvalue weighted by Gasteiger charge is 2.05. The normalized spacial score (nSPS) is 11.8. The maximum Gasteiger partial charge on any atom is 0.181 e. The van der Waals surface area contributed by atoms with Crippen molar-refractivity contribution >= 4 is 23.1 Å². The number of H-pyrrole nitrogens is 1. The molecular formula is C12H14ClN5. The topological polar surface area (TPSA) is 79.9 Å². The second-order valence-electron chi connectivity index (χ2n) is 3.75. The van der Waals surface area contributed by atoms with Crippen LogP contribution >= 0.6 is 11.6 Å². The number of amidine groups is 1. The lowest BCUT2D eigenvalue weighted by Crippen LogP contribution is -2.12. The molecule has 0 saturated heterocycles. The number of aromatic amines is 1. The Kier molecular flexibility index (Phi) is 3.94. The monoisotopic (exact) mass is 263 g/mol. The Bertz CT molecular complexity index is 561. The summed E-state index contributed by atoms with van der Waals surface area (Å²) in [6.45, 7) is 2.02. The summed E-state index contributed by atoms with van der Waals surface area (Å²) in [5.41, 5.74) is 7.24. The van der Waals surface area contributed by atoms with Gasteiger partial charge < -0.3 is 5.73 Å². The van der Waals surface area contributed by atoms with Crippen LogP contribution in [-0.4, -0.2) is 26.9 Å². The average Bonchev–Trinajstić information content (AvgIpc) is 2.87. The lowest BCUT2D eigenvalue weighted by atomic mass is 10.2. The molecule has 0 spiro atoms. The molecular weight excluding hydrogens is 250 g/mol. The van der Waals surface area contributed by atoms with E-state index in [-0.39, 0.29) is 5.88 Å². The fraction of sp³-hybridized carbons (Fsp3) is 0.250. The number of hydrogen-bond donors (Lipinski definition) is 2. The molecule has 0 aliphatic carbocycles. The minimum Gasteiger partial charge on any atom is -0.386 e. The van der Waals surface area contributed by atoms with Gasteiger partial charge in [-0.1, -0.05) is 19.1 Å². The van der Waals surface area contributed by atoms with E-state index in [1.807, 2.05) is 31.2 Å². The first-order valence-electron chi connectivity index (χ1n) is 5.63. The molecule has 2 rings (SSSR count). The van der Waals surface area contributed by atoms with E-state index in [9.17, 15) is 0 Å². The van der Waals surface area contributed by atoms with Crippen molar-refractivity contribution < 1.29 is 0 Å². The summed E-state index contributed by atoms with van der Waals surface area (Å²) in [6, 6.07) is 7.55. The first kappa shape index (κ1) is 12.6. The van der Waals surface area contributed by atoms with Crippen LogP contribution in [0.25, 0.3) is 11.4 Å². The quantitative estimate of drug-likeness (QED) is 0.504. The number of benzene rings is 1. The Morgan fingerprint density at radius 2 is 2.33 bits per heavy atom. The number of aliphatic imine (C=N–C) groups is 1. The van der Waals surface area contributed by atoms with Crippen molar-refractivity contribution in [2.45, 2.75) is 13.3 Å².